The van der Waals surface area contributed by atoms with Crippen LogP contribution in [0.5, 0.6) is 0 Å². The molecule has 0 aromatic rings. The molecular formula is C8H12F3NO2. The number of carbonyl (C=O) groups is 1. The quantitative estimate of drug-likeness (QED) is 0.742. The van der Waals surface area contributed by atoms with Crippen molar-refractivity contribution in [1.82, 2.24) is 5.32 Å². The predicted octanol–water partition coefficient (Wildman–Crippen LogP) is 1.09. The first kappa shape index (κ1) is 11.3. The zero-order valence-corrected chi connectivity index (χ0v) is 7.73. The topological polar surface area (TPSA) is 38.3 Å². The molecule has 2 unspecified atom stereocenters. The largest absolute Gasteiger partial charge is 0.471 e. The predicted molar refractivity (Wildman–Crippen MR) is 42.6 cm³/mol. The standard InChI is InChI=1S/C8H12F3NO2/c1-5(6-2-3-14-4-6)12-7(13)8(9,10)11/h5-6H,2-4H2,1H3,(H,12,13). The lowest BCUT2D eigenvalue weighted by atomic mass is 10.0. The highest BCUT2D eigenvalue weighted by Gasteiger charge is 2.40. The van der Waals surface area contributed by atoms with Gasteiger partial charge in [0.15, 0.2) is 0 Å². The number of ether oxygens (including phenoxy) is 1. The summed E-state index contributed by atoms with van der Waals surface area (Å²) in [6, 6.07) is -0.494. The number of alkyl halides is 3. The Balaban J connectivity index is 2.39. The van der Waals surface area contributed by atoms with Gasteiger partial charge in [-0.1, -0.05) is 0 Å². The van der Waals surface area contributed by atoms with Crippen LogP contribution in [0.15, 0.2) is 0 Å². The second-order valence-corrected chi connectivity index (χ2v) is 3.38. The highest BCUT2D eigenvalue weighted by atomic mass is 19.4. The maximum absolute atomic E-state index is 11.9. The summed E-state index contributed by atoms with van der Waals surface area (Å²) in [6.45, 7) is 2.53. The van der Waals surface area contributed by atoms with Crippen LogP contribution in [-0.4, -0.2) is 31.3 Å². The lowest BCUT2D eigenvalue weighted by molar-refractivity contribution is -0.174. The number of amides is 1. The minimum Gasteiger partial charge on any atom is -0.381 e. The van der Waals surface area contributed by atoms with Gasteiger partial charge in [0, 0.05) is 18.6 Å². The van der Waals surface area contributed by atoms with Gasteiger partial charge in [-0.25, -0.2) is 0 Å². The third-order valence-corrected chi connectivity index (χ3v) is 2.29. The van der Waals surface area contributed by atoms with Gasteiger partial charge in [-0.3, -0.25) is 4.79 Å². The summed E-state index contributed by atoms with van der Waals surface area (Å²) < 4.78 is 40.6. The van der Waals surface area contributed by atoms with Crippen molar-refractivity contribution in [3.8, 4) is 0 Å². The summed E-state index contributed by atoms with van der Waals surface area (Å²) in [6.07, 6.45) is -4.10. The number of carbonyl (C=O) groups excluding carboxylic acids is 1. The average Bonchev–Trinajstić information content (AvgIpc) is 2.53. The molecule has 3 nitrogen and oxygen atoms in total. The summed E-state index contributed by atoms with van der Waals surface area (Å²) in [5, 5.41) is 1.92. The molecule has 0 aromatic heterocycles. The molecule has 0 spiro atoms. The van der Waals surface area contributed by atoms with E-state index < -0.39 is 18.1 Å². The zero-order chi connectivity index (χ0) is 10.8. The van der Waals surface area contributed by atoms with E-state index in [1.54, 1.807) is 6.92 Å². The molecule has 1 N–H and O–H groups in total. The molecule has 0 aliphatic carbocycles. The second-order valence-electron chi connectivity index (χ2n) is 3.38. The summed E-state index contributed by atoms with van der Waals surface area (Å²) in [5.41, 5.74) is 0. The molecule has 82 valence electrons. The van der Waals surface area contributed by atoms with Gasteiger partial charge in [0.2, 0.25) is 0 Å². The summed E-state index contributed by atoms with van der Waals surface area (Å²) in [7, 11) is 0. The Hall–Kier alpha value is -0.780. The lowest BCUT2D eigenvalue weighted by Crippen LogP contribution is -2.45. The third kappa shape index (κ3) is 2.87. The number of rotatable bonds is 2. The number of hydrogen-bond acceptors (Lipinski definition) is 2. The third-order valence-electron chi connectivity index (χ3n) is 2.29. The van der Waals surface area contributed by atoms with Crippen molar-refractivity contribution < 1.29 is 22.7 Å². The van der Waals surface area contributed by atoms with Crippen LogP contribution in [0.3, 0.4) is 0 Å². The molecule has 1 heterocycles. The maximum Gasteiger partial charge on any atom is 0.471 e. The Morgan fingerprint density at radius 2 is 2.21 bits per heavy atom. The Bertz CT molecular complexity index is 211. The first-order valence-corrected chi connectivity index (χ1v) is 4.36. The van der Waals surface area contributed by atoms with Crippen LogP contribution < -0.4 is 5.32 Å². The van der Waals surface area contributed by atoms with Gasteiger partial charge in [0.1, 0.15) is 0 Å². The Morgan fingerprint density at radius 1 is 1.57 bits per heavy atom. The molecule has 0 radical (unpaired) electrons. The monoisotopic (exact) mass is 211 g/mol. The van der Waals surface area contributed by atoms with Crippen LogP contribution in [0.2, 0.25) is 0 Å². The van der Waals surface area contributed by atoms with E-state index in [0.717, 1.165) is 0 Å². The van der Waals surface area contributed by atoms with Gasteiger partial charge in [-0.05, 0) is 13.3 Å². The number of halogens is 3. The molecular weight excluding hydrogens is 199 g/mol. The number of hydrogen-bond donors (Lipinski definition) is 1. The minimum atomic E-state index is -4.80. The Morgan fingerprint density at radius 3 is 2.64 bits per heavy atom. The molecule has 0 aromatic carbocycles. The van der Waals surface area contributed by atoms with Crippen LogP contribution in [0, 0.1) is 5.92 Å². The molecule has 6 heteroatoms. The van der Waals surface area contributed by atoms with Gasteiger partial charge in [-0.2, -0.15) is 13.2 Å². The van der Waals surface area contributed by atoms with Gasteiger partial charge >= 0.3 is 12.1 Å². The normalized spacial score (nSPS) is 24.7. The SMILES string of the molecule is CC(NC(=O)C(F)(F)F)C1CCOC1. The first-order valence-electron chi connectivity index (χ1n) is 4.36. The summed E-state index contributed by atoms with van der Waals surface area (Å²) in [5.74, 6) is -1.89. The molecule has 14 heavy (non-hydrogen) atoms. The van der Waals surface area contributed by atoms with E-state index in [1.165, 1.54) is 0 Å². The van der Waals surface area contributed by atoms with Crippen molar-refractivity contribution in [3.63, 3.8) is 0 Å². The molecule has 1 rings (SSSR count). The smallest absolute Gasteiger partial charge is 0.381 e. The lowest BCUT2D eigenvalue weighted by Gasteiger charge is -2.19. The van der Waals surface area contributed by atoms with Crippen molar-refractivity contribution in [2.24, 2.45) is 5.92 Å². The van der Waals surface area contributed by atoms with Crippen molar-refractivity contribution in [2.75, 3.05) is 13.2 Å². The summed E-state index contributed by atoms with van der Waals surface area (Å²) in [4.78, 5) is 10.6. The van der Waals surface area contributed by atoms with Gasteiger partial charge in [0.25, 0.3) is 0 Å². The molecule has 1 saturated heterocycles. The zero-order valence-electron chi connectivity index (χ0n) is 7.73. The fraction of sp³-hybridized carbons (Fsp3) is 0.875. The fourth-order valence-corrected chi connectivity index (χ4v) is 1.35. The van der Waals surface area contributed by atoms with Crippen molar-refractivity contribution in [3.05, 3.63) is 0 Å². The summed E-state index contributed by atoms with van der Waals surface area (Å²) >= 11 is 0. The molecule has 1 fully saturated rings. The van der Waals surface area contributed by atoms with E-state index in [9.17, 15) is 18.0 Å². The van der Waals surface area contributed by atoms with Crippen molar-refractivity contribution >= 4 is 5.91 Å². The van der Waals surface area contributed by atoms with Crippen LogP contribution in [0.25, 0.3) is 0 Å². The first-order chi connectivity index (χ1) is 6.41. The van der Waals surface area contributed by atoms with E-state index in [4.69, 9.17) is 4.74 Å². The Labute approximate surface area is 79.6 Å². The van der Waals surface area contributed by atoms with Gasteiger partial charge in [0.05, 0.1) is 6.61 Å². The highest BCUT2D eigenvalue weighted by Crippen LogP contribution is 2.19. The van der Waals surface area contributed by atoms with Crippen LogP contribution in [0.1, 0.15) is 13.3 Å². The highest BCUT2D eigenvalue weighted by molar-refractivity contribution is 5.81. The van der Waals surface area contributed by atoms with Crippen LogP contribution in [0.4, 0.5) is 13.2 Å². The minimum absolute atomic E-state index is 0.0127. The maximum atomic E-state index is 11.9. The van der Waals surface area contributed by atoms with E-state index in [1.807, 2.05) is 5.32 Å². The van der Waals surface area contributed by atoms with Crippen molar-refractivity contribution in [1.29, 1.82) is 0 Å². The van der Waals surface area contributed by atoms with Gasteiger partial charge < -0.3 is 10.1 Å². The molecule has 0 bridgehead atoms. The van der Waals surface area contributed by atoms with E-state index in [2.05, 4.69) is 0 Å². The molecule has 1 amide bonds. The molecule has 1 aliphatic rings. The average molecular weight is 211 g/mol. The Kier molecular flexibility index (Phi) is 3.36. The van der Waals surface area contributed by atoms with E-state index in [-0.39, 0.29) is 5.92 Å². The molecule has 0 saturated carbocycles. The number of nitrogens with one attached hydrogen (secondary N) is 1. The van der Waals surface area contributed by atoms with E-state index in [0.29, 0.717) is 19.6 Å². The van der Waals surface area contributed by atoms with Crippen LogP contribution in [-0.2, 0) is 9.53 Å². The van der Waals surface area contributed by atoms with Gasteiger partial charge in [-0.15, -0.1) is 0 Å². The molecule has 2 atom stereocenters. The second kappa shape index (κ2) is 4.16. The van der Waals surface area contributed by atoms with E-state index >= 15 is 0 Å². The molecule has 1 aliphatic heterocycles. The fourth-order valence-electron chi connectivity index (χ4n) is 1.35. The van der Waals surface area contributed by atoms with Crippen molar-refractivity contribution in [2.45, 2.75) is 25.6 Å². The van der Waals surface area contributed by atoms with Crippen LogP contribution >= 0.6 is 0 Å².